The van der Waals surface area contributed by atoms with Crippen molar-refractivity contribution in [1.82, 2.24) is 10.3 Å². The number of benzene rings is 1. The summed E-state index contributed by atoms with van der Waals surface area (Å²) in [6, 6.07) is 9.10. The van der Waals surface area contributed by atoms with Gasteiger partial charge in [-0.25, -0.2) is 4.98 Å². The highest BCUT2D eigenvalue weighted by atomic mass is 32.2. The first-order valence-corrected chi connectivity index (χ1v) is 9.70. The van der Waals surface area contributed by atoms with Crippen LogP contribution in [-0.2, 0) is 0 Å². The van der Waals surface area contributed by atoms with Gasteiger partial charge in [0.15, 0.2) is 0 Å². The van der Waals surface area contributed by atoms with E-state index in [0.717, 1.165) is 17.0 Å². The smallest absolute Gasteiger partial charge is 0.261 e. The van der Waals surface area contributed by atoms with E-state index in [1.165, 1.54) is 11.8 Å². The molecule has 0 radical (unpaired) electrons. The van der Waals surface area contributed by atoms with Crippen LogP contribution >= 0.6 is 11.8 Å². The summed E-state index contributed by atoms with van der Waals surface area (Å²) in [5.41, 5.74) is 2.04. The highest BCUT2D eigenvalue weighted by molar-refractivity contribution is 7.99. The van der Waals surface area contributed by atoms with Crippen LogP contribution in [0.4, 0.5) is 5.69 Å². The van der Waals surface area contributed by atoms with E-state index in [4.69, 9.17) is 0 Å². The van der Waals surface area contributed by atoms with Crippen LogP contribution in [0.2, 0.25) is 0 Å². The van der Waals surface area contributed by atoms with Gasteiger partial charge in [-0.2, -0.15) is 0 Å². The van der Waals surface area contributed by atoms with E-state index in [0.29, 0.717) is 35.2 Å². The lowest BCUT2D eigenvalue weighted by Crippen LogP contribution is -2.32. The van der Waals surface area contributed by atoms with Gasteiger partial charge >= 0.3 is 0 Å². The van der Waals surface area contributed by atoms with E-state index in [-0.39, 0.29) is 11.8 Å². The predicted molar refractivity (Wildman–Crippen MR) is 104 cm³/mol. The molecule has 2 aromatic rings. The molecule has 5 nitrogen and oxygen atoms in total. The first-order chi connectivity index (χ1) is 12.5. The van der Waals surface area contributed by atoms with E-state index in [2.05, 4.69) is 24.1 Å². The van der Waals surface area contributed by atoms with E-state index in [1.54, 1.807) is 23.2 Å². The summed E-state index contributed by atoms with van der Waals surface area (Å²) in [5, 5.41) is 3.62. The van der Waals surface area contributed by atoms with Crippen LogP contribution in [0.3, 0.4) is 0 Å². The zero-order valence-electron chi connectivity index (χ0n) is 15.3. The van der Waals surface area contributed by atoms with Gasteiger partial charge in [0.2, 0.25) is 0 Å². The standard InChI is InChI=1S/C20H23N3O2S/c1-4-10-23-16-8-7-14(18(24)22-12-13(2)3)11-17(16)26-19-15(20(23)25)6-5-9-21-19/h5-9,11,13H,4,10,12H2,1-3H3,(H,22,24). The van der Waals surface area contributed by atoms with Gasteiger partial charge in [-0.3, -0.25) is 9.59 Å². The monoisotopic (exact) mass is 369 g/mol. The fourth-order valence-corrected chi connectivity index (χ4v) is 3.85. The molecule has 2 amide bonds. The molecule has 6 heteroatoms. The van der Waals surface area contributed by atoms with Gasteiger partial charge in [0.1, 0.15) is 5.03 Å². The molecule has 0 atom stereocenters. The molecule has 0 saturated carbocycles. The van der Waals surface area contributed by atoms with Crippen LogP contribution in [0.5, 0.6) is 0 Å². The Morgan fingerprint density at radius 2 is 2.12 bits per heavy atom. The van der Waals surface area contributed by atoms with Gasteiger partial charge in [-0.1, -0.05) is 32.5 Å². The number of nitrogens with one attached hydrogen (secondary N) is 1. The van der Waals surface area contributed by atoms with E-state index in [9.17, 15) is 9.59 Å². The molecule has 0 unspecified atom stereocenters. The molecular weight excluding hydrogens is 346 g/mol. The lowest BCUT2D eigenvalue weighted by Gasteiger charge is -2.22. The number of rotatable bonds is 5. The fourth-order valence-electron chi connectivity index (χ4n) is 2.80. The lowest BCUT2D eigenvalue weighted by molar-refractivity contribution is 0.0947. The molecule has 3 rings (SSSR count). The Hall–Kier alpha value is -2.34. The van der Waals surface area contributed by atoms with Crippen molar-refractivity contribution in [1.29, 1.82) is 0 Å². The molecule has 1 aliphatic heterocycles. The second-order valence-electron chi connectivity index (χ2n) is 6.70. The number of hydrogen-bond donors (Lipinski definition) is 1. The lowest BCUT2D eigenvalue weighted by atomic mass is 10.1. The predicted octanol–water partition coefficient (Wildman–Crippen LogP) is 3.99. The quantitative estimate of drug-likeness (QED) is 0.866. The first-order valence-electron chi connectivity index (χ1n) is 8.88. The van der Waals surface area contributed by atoms with Gasteiger partial charge in [0, 0.05) is 29.7 Å². The Bertz CT molecular complexity index is 836. The molecule has 1 N–H and O–H groups in total. The fraction of sp³-hybridized carbons (Fsp3) is 0.350. The number of pyridine rings is 1. The number of amides is 2. The number of carbonyl (C=O) groups excluding carboxylic acids is 2. The average molecular weight is 369 g/mol. The van der Waals surface area contributed by atoms with Crippen molar-refractivity contribution < 1.29 is 9.59 Å². The van der Waals surface area contributed by atoms with Crippen LogP contribution in [0.25, 0.3) is 0 Å². The Balaban J connectivity index is 2.01. The Labute approximate surface area is 158 Å². The van der Waals surface area contributed by atoms with Gasteiger partial charge in [0.05, 0.1) is 11.3 Å². The van der Waals surface area contributed by atoms with Crippen molar-refractivity contribution in [2.75, 3.05) is 18.0 Å². The summed E-state index contributed by atoms with van der Waals surface area (Å²) >= 11 is 1.44. The summed E-state index contributed by atoms with van der Waals surface area (Å²) in [4.78, 5) is 32.4. The Morgan fingerprint density at radius 3 is 2.85 bits per heavy atom. The number of nitrogens with zero attached hydrogens (tertiary/aromatic N) is 2. The van der Waals surface area contributed by atoms with Crippen LogP contribution in [-0.4, -0.2) is 29.9 Å². The van der Waals surface area contributed by atoms with Crippen molar-refractivity contribution in [3.63, 3.8) is 0 Å². The van der Waals surface area contributed by atoms with Gasteiger partial charge in [0.25, 0.3) is 11.8 Å². The average Bonchev–Trinajstić information content (AvgIpc) is 2.75. The van der Waals surface area contributed by atoms with Crippen LogP contribution in [0, 0.1) is 5.92 Å². The molecule has 0 saturated heterocycles. The second kappa shape index (κ2) is 7.91. The summed E-state index contributed by atoms with van der Waals surface area (Å²) in [5.74, 6) is 0.252. The molecule has 1 aromatic carbocycles. The highest BCUT2D eigenvalue weighted by Gasteiger charge is 2.28. The summed E-state index contributed by atoms with van der Waals surface area (Å²) in [7, 11) is 0. The first kappa shape index (κ1) is 18.5. The second-order valence-corrected chi connectivity index (χ2v) is 7.73. The molecule has 2 heterocycles. The molecule has 26 heavy (non-hydrogen) atoms. The molecule has 0 fully saturated rings. The molecule has 1 aromatic heterocycles. The minimum Gasteiger partial charge on any atom is -0.352 e. The summed E-state index contributed by atoms with van der Waals surface area (Å²) < 4.78 is 0. The number of anilines is 1. The van der Waals surface area contributed by atoms with Crippen molar-refractivity contribution in [3.8, 4) is 0 Å². The van der Waals surface area contributed by atoms with E-state index >= 15 is 0 Å². The molecule has 136 valence electrons. The zero-order valence-corrected chi connectivity index (χ0v) is 16.1. The van der Waals surface area contributed by atoms with Crippen LogP contribution in [0.15, 0.2) is 46.5 Å². The van der Waals surface area contributed by atoms with Crippen molar-refractivity contribution >= 4 is 29.3 Å². The summed E-state index contributed by atoms with van der Waals surface area (Å²) in [6.07, 6.45) is 2.54. The van der Waals surface area contributed by atoms with E-state index in [1.807, 2.05) is 25.1 Å². The molecule has 0 aliphatic carbocycles. The van der Waals surface area contributed by atoms with Gasteiger partial charge in [-0.15, -0.1) is 0 Å². The minimum absolute atomic E-state index is 0.0433. The SMILES string of the molecule is CCCN1C(=O)c2cccnc2Sc2cc(C(=O)NCC(C)C)ccc21. The normalized spacial score (nSPS) is 13.2. The maximum absolute atomic E-state index is 13.0. The largest absolute Gasteiger partial charge is 0.352 e. The van der Waals surface area contributed by atoms with E-state index < -0.39 is 0 Å². The number of fused-ring (bicyclic) bond motifs is 2. The third-order valence-corrected chi connectivity index (χ3v) is 5.15. The molecule has 0 bridgehead atoms. The van der Waals surface area contributed by atoms with Crippen LogP contribution < -0.4 is 10.2 Å². The highest BCUT2D eigenvalue weighted by Crippen LogP contribution is 2.40. The van der Waals surface area contributed by atoms with Gasteiger partial charge < -0.3 is 10.2 Å². The third-order valence-electron chi connectivity index (χ3n) is 4.08. The van der Waals surface area contributed by atoms with Crippen LogP contribution in [0.1, 0.15) is 47.9 Å². The maximum Gasteiger partial charge on any atom is 0.261 e. The number of hydrogen-bond acceptors (Lipinski definition) is 4. The molecule has 1 aliphatic rings. The Kier molecular flexibility index (Phi) is 5.61. The van der Waals surface area contributed by atoms with Gasteiger partial charge in [-0.05, 0) is 42.7 Å². The summed E-state index contributed by atoms with van der Waals surface area (Å²) in [6.45, 7) is 7.42. The topological polar surface area (TPSA) is 62.3 Å². The minimum atomic E-state index is -0.0963. The molecule has 0 spiro atoms. The van der Waals surface area contributed by atoms with Crippen molar-refractivity contribution in [2.45, 2.75) is 37.1 Å². The third kappa shape index (κ3) is 3.75. The van der Waals surface area contributed by atoms with Crippen molar-refractivity contribution in [3.05, 3.63) is 47.7 Å². The Morgan fingerprint density at radius 1 is 1.31 bits per heavy atom. The number of carbonyl (C=O) groups is 2. The van der Waals surface area contributed by atoms with Crippen molar-refractivity contribution in [2.24, 2.45) is 5.92 Å². The number of aromatic nitrogens is 1. The zero-order chi connectivity index (χ0) is 18.7. The maximum atomic E-state index is 13.0. The molecular formula is C20H23N3O2S.